The molecule has 0 N–H and O–H groups in total. The lowest BCUT2D eigenvalue weighted by Gasteiger charge is -2.08. The smallest absolute Gasteiger partial charge is 0.330 e. The number of ether oxygens (including phenoxy) is 2. The molecule has 1 aliphatic heterocycles. The van der Waals surface area contributed by atoms with Crippen LogP contribution in [0.5, 0.6) is 5.75 Å². The Balaban J connectivity index is 1.87. The third kappa shape index (κ3) is 5.96. The zero-order valence-electron chi connectivity index (χ0n) is 13.7. The number of carbonyl (C=O) groups is 1. The van der Waals surface area contributed by atoms with E-state index < -0.39 is 5.97 Å². The predicted octanol–water partition coefficient (Wildman–Crippen LogP) is 3.62. The normalized spacial score (nSPS) is 19.6. The van der Waals surface area contributed by atoms with Gasteiger partial charge in [-0.1, -0.05) is 30.9 Å². The summed E-state index contributed by atoms with van der Waals surface area (Å²) in [7, 11) is 0. The predicted molar refractivity (Wildman–Crippen MR) is 97.0 cm³/mol. The minimum absolute atomic E-state index is 0.304. The van der Waals surface area contributed by atoms with Gasteiger partial charge in [-0.25, -0.2) is 9.79 Å². The Morgan fingerprint density at radius 1 is 1.24 bits per heavy atom. The van der Waals surface area contributed by atoms with Crippen molar-refractivity contribution in [2.75, 3.05) is 13.2 Å². The fourth-order valence-corrected chi connectivity index (χ4v) is 2.02. The lowest BCUT2D eigenvalue weighted by molar-refractivity contribution is -0.137. The molecule has 0 amide bonds. The molecular weight excluding hydrogens is 316 g/mol. The Labute approximate surface area is 146 Å². The van der Waals surface area contributed by atoms with Crippen molar-refractivity contribution in [3.05, 3.63) is 72.5 Å². The van der Waals surface area contributed by atoms with E-state index in [-0.39, 0.29) is 0 Å². The molecule has 0 aliphatic carbocycles. The van der Waals surface area contributed by atoms with Crippen molar-refractivity contribution in [1.82, 2.24) is 0 Å². The Hall–Kier alpha value is -3.39. The quantitative estimate of drug-likeness (QED) is 0.434. The Morgan fingerprint density at radius 2 is 2.04 bits per heavy atom. The molecule has 0 saturated carbocycles. The molecule has 2 rings (SSSR count). The number of esters is 1. The van der Waals surface area contributed by atoms with E-state index in [1.54, 1.807) is 18.4 Å². The average molecular weight is 334 g/mol. The fraction of sp³-hybridized carbons (Fsp3) is 0.150. The summed E-state index contributed by atoms with van der Waals surface area (Å²) in [6, 6.07) is 9.67. The van der Waals surface area contributed by atoms with Crippen molar-refractivity contribution in [3.8, 4) is 11.8 Å². The molecule has 126 valence electrons. The van der Waals surface area contributed by atoms with Crippen molar-refractivity contribution < 1.29 is 14.3 Å². The van der Waals surface area contributed by atoms with Gasteiger partial charge in [-0.15, -0.1) is 0 Å². The van der Waals surface area contributed by atoms with Crippen LogP contribution in [0.4, 0.5) is 0 Å². The number of hydrogen-bond donors (Lipinski definition) is 0. The van der Waals surface area contributed by atoms with Crippen LogP contribution in [-0.4, -0.2) is 25.4 Å². The maximum atomic E-state index is 10.9. The molecule has 0 saturated heterocycles. The molecule has 0 radical (unpaired) electrons. The van der Waals surface area contributed by atoms with Gasteiger partial charge < -0.3 is 9.47 Å². The molecule has 5 heteroatoms. The fourth-order valence-electron chi connectivity index (χ4n) is 2.02. The van der Waals surface area contributed by atoms with Gasteiger partial charge in [-0.3, -0.25) is 0 Å². The van der Waals surface area contributed by atoms with E-state index in [4.69, 9.17) is 14.7 Å². The Kier molecular flexibility index (Phi) is 6.95. The van der Waals surface area contributed by atoms with Gasteiger partial charge in [0.25, 0.3) is 0 Å². The molecule has 1 heterocycles. The van der Waals surface area contributed by atoms with Crippen LogP contribution in [0.15, 0.2) is 71.9 Å². The van der Waals surface area contributed by atoms with Gasteiger partial charge in [-0.2, -0.15) is 5.26 Å². The number of hydrogen-bond acceptors (Lipinski definition) is 5. The van der Waals surface area contributed by atoms with Crippen LogP contribution in [0.3, 0.4) is 0 Å². The number of benzene rings is 1. The molecule has 1 aromatic carbocycles. The summed E-state index contributed by atoms with van der Waals surface area (Å²) < 4.78 is 10.5. The van der Waals surface area contributed by atoms with Crippen LogP contribution in [0.1, 0.15) is 12.0 Å². The second kappa shape index (κ2) is 9.68. The first-order valence-corrected chi connectivity index (χ1v) is 7.78. The maximum Gasteiger partial charge on any atom is 0.330 e. The van der Waals surface area contributed by atoms with Gasteiger partial charge >= 0.3 is 5.97 Å². The van der Waals surface area contributed by atoms with Crippen molar-refractivity contribution in [2.24, 2.45) is 4.99 Å². The minimum Gasteiger partial charge on any atom is -0.493 e. The highest BCUT2D eigenvalue weighted by Crippen LogP contribution is 2.20. The highest BCUT2D eigenvalue weighted by molar-refractivity contribution is 5.89. The molecule has 0 unspecified atom stereocenters. The van der Waals surface area contributed by atoms with E-state index in [9.17, 15) is 4.79 Å². The summed E-state index contributed by atoms with van der Waals surface area (Å²) >= 11 is 0. The van der Waals surface area contributed by atoms with E-state index in [1.807, 2.05) is 42.5 Å². The van der Waals surface area contributed by atoms with Gasteiger partial charge in [-0.05, 0) is 35.4 Å². The molecule has 0 atom stereocenters. The van der Waals surface area contributed by atoms with Crippen molar-refractivity contribution in [2.45, 2.75) is 6.42 Å². The summed E-state index contributed by atoms with van der Waals surface area (Å²) in [5.74, 6) is 0.319. The molecule has 1 aromatic rings. The summed E-state index contributed by atoms with van der Waals surface area (Å²) in [5.41, 5.74) is 2.37. The van der Waals surface area contributed by atoms with Crippen LogP contribution >= 0.6 is 0 Å². The minimum atomic E-state index is -0.426. The van der Waals surface area contributed by atoms with Crippen LogP contribution in [0.25, 0.3) is 5.57 Å². The van der Waals surface area contributed by atoms with Gasteiger partial charge in [0.1, 0.15) is 17.5 Å². The molecule has 5 nitrogen and oxygen atoms in total. The number of nitriles is 1. The second-order valence-electron chi connectivity index (χ2n) is 5.02. The lowest BCUT2D eigenvalue weighted by atomic mass is 10.0. The van der Waals surface area contributed by atoms with Crippen molar-refractivity contribution in [1.29, 1.82) is 5.26 Å². The van der Waals surface area contributed by atoms with E-state index in [0.717, 1.165) is 23.0 Å². The van der Waals surface area contributed by atoms with Crippen LogP contribution in [-0.2, 0) is 9.53 Å². The first-order valence-electron chi connectivity index (χ1n) is 7.78. The third-order valence-corrected chi connectivity index (χ3v) is 3.27. The zero-order valence-corrected chi connectivity index (χ0v) is 13.7. The molecule has 0 bridgehead atoms. The number of rotatable bonds is 7. The van der Waals surface area contributed by atoms with Gasteiger partial charge in [0.15, 0.2) is 0 Å². The van der Waals surface area contributed by atoms with E-state index in [1.165, 1.54) is 0 Å². The standard InChI is InChI=1S/C20H18N2O3/c1-2-20(23)25-14-4-13-24-19-9-7-17(8-10-19)16-5-3-6-18(15-21)22-12-11-16/h2-3,5-12H,1,4,13-14H2/b5-3-,6-3?,12-11?,16-5?,16-11+,18-6-,22-12-,22-18?. The summed E-state index contributed by atoms with van der Waals surface area (Å²) in [4.78, 5) is 14.9. The largest absolute Gasteiger partial charge is 0.493 e. The number of nitrogens with zero attached hydrogens (tertiary/aromatic N) is 2. The Morgan fingerprint density at radius 3 is 2.76 bits per heavy atom. The highest BCUT2D eigenvalue weighted by atomic mass is 16.5. The van der Waals surface area contributed by atoms with E-state index >= 15 is 0 Å². The summed E-state index contributed by atoms with van der Waals surface area (Å²) in [5, 5.41) is 8.84. The third-order valence-electron chi connectivity index (χ3n) is 3.27. The number of carbonyl (C=O) groups excluding carboxylic acids is 1. The van der Waals surface area contributed by atoms with Crippen LogP contribution < -0.4 is 4.74 Å². The first kappa shape index (κ1) is 18.0. The molecule has 0 spiro atoms. The molecule has 25 heavy (non-hydrogen) atoms. The maximum absolute atomic E-state index is 10.9. The lowest BCUT2D eigenvalue weighted by Crippen LogP contribution is -2.06. The zero-order chi connectivity index (χ0) is 17.9. The van der Waals surface area contributed by atoms with Crippen molar-refractivity contribution in [3.63, 3.8) is 0 Å². The van der Waals surface area contributed by atoms with E-state index in [0.29, 0.717) is 25.3 Å². The monoisotopic (exact) mass is 334 g/mol. The SMILES string of the molecule is C=CC(=O)OCCCOc1ccc(C2=C/C=N\C(C#N)=C/C=C\2)cc1. The van der Waals surface area contributed by atoms with Crippen LogP contribution in [0.2, 0.25) is 0 Å². The second-order valence-corrected chi connectivity index (χ2v) is 5.02. The summed E-state index contributed by atoms with van der Waals surface area (Å²) in [6.07, 6.45) is 10.6. The molecule has 1 aliphatic rings. The topological polar surface area (TPSA) is 71.7 Å². The summed E-state index contributed by atoms with van der Waals surface area (Å²) in [6.45, 7) is 4.10. The van der Waals surface area contributed by atoms with Crippen molar-refractivity contribution >= 4 is 17.8 Å². The van der Waals surface area contributed by atoms with E-state index in [2.05, 4.69) is 11.6 Å². The van der Waals surface area contributed by atoms with Crippen LogP contribution in [0, 0.1) is 11.3 Å². The Bertz CT molecular complexity index is 778. The molecule has 0 aromatic heterocycles. The average Bonchev–Trinajstić information content (AvgIpc) is 2.62. The number of allylic oxidation sites excluding steroid dienone is 6. The van der Waals surface area contributed by atoms with Gasteiger partial charge in [0.2, 0.25) is 0 Å². The number of aliphatic imine (C=N–C) groups is 1. The van der Waals surface area contributed by atoms with Gasteiger partial charge in [0, 0.05) is 18.7 Å². The molecule has 0 fully saturated rings. The first-order chi connectivity index (χ1) is 12.2. The molecular formula is C20H18N2O3. The van der Waals surface area contributed by atoms with Gasteiger partial charge in [0.05, 0.1) is 13.2 Å². The highest BCUT2D eigenvalue weighted by Gasteiger charge is 2.01.